The molecule has 0 aliphatic heterocycles. The highest BCUT2D eigenvalue weighted by Gasteiger charge is 2.59. The minimum Gasteiger partial charge on any atom is -0.378 e. The first-order valence-electron chi connectivity index (χ1n) is 7.00. The number of ether oxygens (including phenoxy) is 1. The third-order valence-corrected chi connectivity index (χ3v) is 6.19. The third kappa shape index (κ3) is 1.89. The summed E-state index contributed by atoms with van der Waals surface area (Å²) in [6, 6.07) is 0.470. The van der Waals surface area contributed by atoms with Crippen molar-refractivity contribution in [1.29, 1.82) is 0 Å². The Kier molecular flexibility index (Phi) is 2.91. The Labute approximate surface area is 119 Å². The summed E-state index contributed by atoms with van der Waals surface area (Å²) in [7, 11) is 3.95. The largest absolute Gasteiger partial charge is 0.378 e. The first-order chi connectivity index (χ1) is 8.89. The Morgan fingerprint density at radius 1 is 1.32 bits per heavy atom. The molecule has 0 bridgehead atoms. The van der Waals surface area contributed by atoms with Crippen molar-refractivity contribution < 1.29 is 4.74 Å². The minimum absolute atomic E-state index is 0.0318. The quantitative estimate of drug-likeness (QED) is 0.850. The molecular formula is C14H23N3OS. The summed E-state index contributed by atoms with van der Waals surface area (Å²) in [5, 5.41) is 1.05. The molecule has 2 fully saturated rings. The maximum absolute atomic E-state index is 5.70. The molecule has 0 saturated heterocycles. The fourth-order valence-electron chi connectivity index (χ4n) is 3.09. The van der Waals surface area contributed by atoms with E-state index < -0.39 is 0 Å². The SMILES string of the molecule is COC1(C)CC(N(C)c2nc(C3CC3)ns2)C1(C)C. The maximum atomic E-state index is 5.70. The van der Waals surface area contributed by atoms with Gasteiger partial charge in [-0.05, 0) is 26.2 Å². The number of hydrogen-bond donors (Lipinski definition) is 0. The molecule has 2 aliphatic carbocycles. The number of hydrogen-bond acceptors (Lipinski definition) is 5. The van der Waals surface area contributed by atoms with Crippen molar-refractivity contribution in [2.24, 2.45) is 5.41 Å². The topological polar surface area (TPSA) is 38.2 Å². The van der Waals surface area contributed by atoms with E-state index in [1.807, 2.05) is 7.11 Å². The van der Waals surface area contributed by atoms with Crippen LogP contribution in [0.4, 0.5) is 5.13 Å². The van der Waals surface area contributed by atoms with Crippen molar-refractivity contribution in [3.63, 3.8) is 0 Å². The highest BCUT2D eigenvalue weighted by Crippen LogP contribution is 2.54. The Morgan fingerprint density at radius 3 is 2.53 bits per heavy atom. The average molecular weight is 281 g/mol. The normalized spacial score (nSPS) is 33.0. The van der Waals surface area contributed by atoms with E-state index in [4.69, 9.17) is 9.72 Å². The van der Waals surface area contributed by atoms with Crippen molar-refractivity contribution in [2.75, 3.05) is 19.1 Å². The number of methoxy groups -OCH3 is 1. The summed E-state index contributed by atoms with van der Waals surface area (Å²) in [5.74, 6) is 1.69. The van der Waals surface area contributed by atoms with Crippen molar-refractivity contribution in [3.05, 3.63) is 5.82 Å². The smallest absolute Gasteiger partial charge is 0.205 e. The number of rotatable bonds is 4. The first-order valence-corrected chi connectivity index (χ1v) is 7.78. The predicted octanol–water partition coefficient (Wildman–Crippen LogP) is 3.06. The number of anilines is 1. The predicted molar refractivity (Wildman–Crippen MR) is 77.9 cm³/mol. The van der Waals surface area contributed by atoms with Crippen LogP contribution in [0, 0.1) is 5.41 Å². The highest BCUT2D eigenvalue weighted by atomic mass is 32.1. The van der Waals surface area contributed by atoms with Crippen molar-refractivity contribution in [3.8, 4) is 0 Å². The molecule has 0 N–H and O–H groups in total. The van der Waals surface area contributed by atoms with Gasteiger partial charge in [-0.25, -0.2) is 4.98 Å². The summed E-state index contributed by atoms with van der Waals surface area (Å²) >= 11 is 1.54. The van der Waals surface area contributed by atoms with Gasteiger partial charge >= 0.3 is 0 Å². The van der Waals surface area contributed by atoms with Gasteiger partial charge in [0.15, 0.2) is 0 Å². The zero-order valence-electron chi connectivity index (χ0n) is 12.4. The molecule has 2 unspecified atom stereocenters. The van der Waals surface area contributed by atoms with Gasteiger partial charge in [-0.2, -0.15) is 4.37 Å². The van der Waals surface area contributed by atoms with E-state index in [-0.39, 0.29) is 11.0 Å². The van der Waals surface area contributed by atoms with E-state index in [1.54, 1.807) is 0 Å². The van der Waals surface area contributed by atoms with Crippen LogP contribution in [-0.2, 0) is 4.74 Å². The summed E-state index contributed by atoms with van der Waals surface area (Å²) in [5.41, 5.74) is 0.0951. The van der Waals surface area contributed by atoms with Crippen LogP contribution in [-0.4, -0.2) is 35.2 Å². The molecule has 3 rings (SSSR count). The molecule has 1 aromatic heterocycles. The van der Waals surface area contributed by atoms with Gasteiger partial charge in [-0.1, -0.05) is 13.8 Å². The molecular weight excluding hydrogens is 258 g/mol. The number of nitrogens with zero attached hydrogens (tertiary/aromatic N) is 3. The van der Waals surface area contributed by atoms with E-state index in [1.165, 1.54) is 24.4 Å². The molecule has 2 saturated carbocycles. The van der Waals surface area contributed by atoms with Crippen LogP contribution in [0.1, 0.15) is 51.8 Å². The van der Waals surface area contributed by atoms with Crippen LogP contribution >= 0.6 is 11.5 Å². The second kappa shape index (κ2) is 4.16. The Balaban J connectivity index is 1.75. The van der Waals surface area contributed by atoms with Gasteiger partial charge in [0.1, 0.15) is 5.82 Å². The zero-order valence-corrected chi connectivity index (χ0v) is 13.3. The van der Waals surface area contributed by atoms with Crippen molar-refractivity contribution in [1.82, 2.24) is 9.36 Å². The Bertz CT molecular complexity index is 483. The maximum Gasteiger partial charge on any atom is 0.205 e. The lowest BCUT2D eigenvalue weighted by molar-refractivity contribution is -0.172. The molecule has 4 nitrogen and oxygen atoms in total. The number of aromatic nitrogens is 2. The molecule has 0 amide bonds. The van der Waals surface area contributed by atoms with E-state index in [9.17, 15) is 0 Å². The van der Waals surface area contributed by atoms with Crippen molar-refractivity contribution in [2.45, 2.75) is 57.6 Å². The van der Waals surface area contributed by atoms with Gasteiger partial charge in [-0.3, -0.25) is 0 Å². The van der Waals surface area contributed by atoms with Gasteiger partial charge < -0.3 is 9.64 Å². The van der Waals surface area contributed by atoms with Crippen molar-refractivity contribution >= 4 is 16.7 Å². The fraction of sp³-hybridized carbons (Fsp3) is 0.857. The van der Waals surface area contributed by atoms with Crippen LogP contribution in [0.25, 0.3) is 0 Å². The Morgan fingerprint density at radius 2 is 2.00 bits per heavy atom. The van der Waals surface area contributed by atoms with E-state index in [2.05, 4.69) is 37.1 Å². The van der Waals surface area contributed by atoms with Gasteiger partial charge in [-0.15, -0.1) is 0 Å². The average Bonchev–Trinajstić information content (AvgIpc) is 3.12. The summed E-state index contributed by atoms with van der Waals surface area (Å²) in [6.07, 6.45) is 3.57. The van der Waals surface area contributed by atoms with Crippen LogP contribution in [0.15, 0.2) is 0 Å². The Hall–Kier alpha value is -0.680. The molecule has 19 heavy (non-hydrogen) atoms. The standard InChI is InChI=1S/C14H23N3OS/c1-13(2)10(8-14(13,3)18-5)17(4)12-15-11(16-19-12)9-6-7-9/h9-10H,6-8H2,1-5H3. The van der Waals surface area contributed by atoms with Crippen LogP contribution in [0.2, 0.25) is 0 Å². The van der Waals surface area contributed by atoms with E-state index in [0.29, 0.717) is 12.0 Å². The molecule has 106 valence electrons. The second-order valence-corrected chi connectivity index (χ2v) is 7.43. The molecule has 0 spiro atoms. The molecule has 1 aromatic rings. The lowest BCUT2D eigenvalue weighted by Crippen LogP contribution is -2.68. The lowest BCUT2D eigenvalue weighted by Gasteiger charge is -2.61. The molecule has 1 heterocycles. The summed E-state index contributed by atoms with van der Waals surface area (Å²) < 4.78 is 10.2. The van der Waals surface area contributed by atoms with Crippen LogP contribution in [0.5, 0.6) is 0 Å². The van der Waals surface area contributed by atoms with Gasteiger partial charge in [0.25, 0.3) is 0 Å². The van der Waals surface area contributed by atoms with Crippen LogP contribution < -0.4 is 4.90 Å². The zero-order chi connectivity index (χ0) is 13.8. The second-order valence-electron chi connectivity index (χ2n) is 6.70. The molecule has 2 aliphatic rings. The van der Waals surface area contributed by atoms with Gasteiger partial charge in [0.2, 0.25) is 5.13 Å². The minimum atomic E-state index is -0.0318. The summed E-state index contributed by atoms with van der Waals surface area (Å²) in [4.78, 5) is 7.00. The van der Waals surface area contributed by atoms with Gasteiger partial charge in [0.05, 0.1) is 5.60 Å². The summed E-state index contributed by atoms with van der Waals surface area (Å²) in [6.45, 7) is 6.76. The van der Waals surface area contributed by atoms with E-state index in [0.717, 1.165) is 17.4 Å². The molecule has 2 atom stereocenters. The molecule has 5 heteroatoms. The molecule has 0 radical (unpaired) electrons. The highest BCUT2D eigenvalue weighted by molar-refractivity contribution is 7.09. The monoisotopic (exact) mass is 281 g/mol. The molecule has 0 aromatic carbocycles. The lowest BCUT2D eigenvalue weighted by atomic mass is 9.55. The fourth-order valence-corrected chi connectivity index (χ4v) is 3.84. The third-order valence-electron chi connectivity index (χ3n) is 5.37. The van der Waals surface area contributed by atoms with Gasteiger partial charge in [0, 0.05) is 43.1 Å². The van der Waals surface area contributed by atoms with E-state index >= 15 is 0 Å². The van der Waals surface area contributed by atoms with Crippen LogP contribution in [0.3, 0.4) is 0 Å². The first kappa shape index (κ1) is 13.3.